The Morgan fingerprint density at radius 3 is 2.50 bits per heavy atom. The SMILES string of the molecule is CC1(C)CC2(C)CC1CC2NC(=O)CC[N+]1(C)CCOCC1. The van der Waals surface area contributed by atoms with Crippen molar-refractivity contribution in [3.05, 3.63) is 0 Å². The molecule has 4 heteroatoms. The molecule has 0 aromatic carbocycles. The van der Waals surface area contributed by atoms with Crippen LogP contribution in [0.25, 0.3) is 0 Å². The topological polar surface area (TPSA) is 38.3 Å². The van der Waals surface area contributed by atoms with Crippen molar-refractivity contribution in [1.29, 1.82) is 0 Å². The van der Waals surface area contributed by atoms with Crippen LogP contribution in [0.4, 0.5) is 0 Å². The van der Waals surface area contributed by atoms with Gasteiger partial charge in [-0.25, -0.2) is 0 Å². The average Bonchev–Trinajstić information content (AvgIpc) is 2.86. The van der Waals surface area contributed by atoms with E-state index in [4.69, 9.17) is 4.74 Å². The summed E-state index contributed by atoms with van der Waals surface area (Å²) in [6.07, 6.45) is 4.36. The van der Waals surface area contributed by atoms with Crippen LogP contribution in [-0.4, -0.2) is 56.3 Å². The maximum Gasteiger partial charge on any atom is 0.225 e. The summed E-state index contributed by atoms with van der Waals surface area (Å²) in [5.74, 6) is 1.04. The van der Waals surface area contributed by atoms with Crippen LogP contribution in [-0.2, 0) is 9.53 Å². The Morgan fingerprint density at radius 2 is 1.95 bits per heavy atom. The third kappa shape index (κ3) is 3.05. The highest BCUT2D eigenvalue weighted by atomic mass is 16.5. The summed E-state index contributed by atoms with van der Waals surface area (Å²) < 4.78 is 6.41. The fourth-order valence-corrected chi connectivity index (χ4v) is 5.21. The molecular weight excluding hydrogens is 276 g/mol. The van der Waals surface area contributed by atoms with Crippen molar-refractivity contribution in [2.45, 2.75) is 52.5 Å². The van der Waals surface area contributed by atoms with Gasteiger partial charge in [-0.3, -0.25) is 4.79 Å². The zero-order chi connectivity index (χ0) is 16.0. The zero-order valence-corrected chi connectivity index (χ0v) is 14.8. The second-order valence-corrected chi connectivity index (χ2v) is 9.23. The van der Waals surface area contributed by atoms with Gasteiger partial charge in [-0.1, -0.05) is 20.8 Å². The first-order valence-electron chi connectivity index (χ1n) is 8.93. The highest BCUT2D eigenvalue weighted by Gasteiger charge is 2.57. The molecule has 3 rings (SSSR count). The van der Waals surface area contributed by atoms with E-state index in [1.807, 2.05) is 0 Å². The van der Waals surface area contributed by atoms with Crippen molar-refractivity contribution in [2.75, 3.05) is 39.9 Å². The summed E-state index contributed by atoms with van der Waals surface area (Å²) in [5.41, 5.74) is 0.781. The van der Waals surface area contributed by atoms with Gasteiger partial charge in [0.2, 0.25) is 5.91 Å². The smallest absolute Gasteiger partial charge is 0.225 e. The van der Waals surface area contributed by atoms with E-state index in [2.05, 4.69) is 33.1 Å². The highest BCUT2D eigenvalue weighted by Crippen LogP contribution is 2.62. The van der Waals surface area contributed by atoms with Gasteiger partial charge in [-0.2, -0.15) is 0 Å². The first-order valence-corrected chi connectivity index (χ1v) is 8.93. The Labute approximate surface area is 135 Å². The van der Waals surface area contributed by atoms with Crippen molar-refractivity contribution in [3.8, 4) is 0 Å². The minimum Gasteiger partial charge on any atom is -0.370 e. The van der Waals surface area contributed by atoms with Gasteiger partial charge in [0.1, 0.15) is 13.1 Å². The molecule has 1 heterocycles. The van der Waals surface area contributed by atoms with Gasteiger partial charge < -0.3 is 14.5 Å². The Kier molecular flexibility index (Phi) is 4.05. The number of nitrogens with one attached hydrogen (secondary N) is 1. The molecular formula is C18H33N2O2+. The predicted octanol–water partition coefficient (Wildman–Crippen LogP) is 2.18. The maximum atomic E-state index is 12.4. The average molecular weight is 309 g/mol. The molecule has 2 saturated carbocycles. The van der Waals surface area contributed by atoms with Crippen LogP contribution in [0.2, 0.25) is 0 Å². The van der Waals surface area contributed by atoms with E-state index in [0.717, 1.165) is 43.2 Å². The van der Waals surface area contributed by atoms with Gasteiger partial charge in [-0.15, -0.1) is 0 Å². The molecule has 3 fully saturated rings. The normalized spacial score (nSPS) is 38.9. The van der Waals surface area contributed by atoms with E-state index in [0.29, 0.717) is 23.3 Å². The minimum atomic E-state index is 0.252. The summed E-state index contributed by atoms with van der Waals surface area (Å²) in [7, 11) is 2.25. The van der Waals surface area contributed by atoms with Crippen LogP contribution in [0.5, 0.6) is 0 Å². The molecule has 1 N–H and O–H groups in total. The number of carbonyl (C=O) groups excluding carboxylic acids is 1. The number of ether oxygens (including phenoxy) is 1. The Bertz CT molecular complexity index is 442. The largest absolute Gasteiger partial charge is 0.370 e. The molecule has 0 spiro atoms. The molecule has 1 saturated heterocycles. The molecule has 3 atom stereocenters. The lowest BCUT2D eigenvalue weighted by Gasteiger charge is -2.40. The number of likely N-dealkylation sites (N-methyl/N-ethyl adjacent to an activating group) is 1. The highest BCUT2D eigenvalue weighted by molar-refractivity contribution is 5.76. The second-order valence-electron chi connectivity index (χ2n) is 9.23. The van der Waals surface area contributed by atoms with Crippen molar-refractivity contribution >= 4 is 5.91 Å². The van der Waals surface area contributed by atoms with Crippen LogP contribution in [0.3, 0.4) is 0 Å². The number of carbonyl (C=O) groups is 1. The van der Waals surface area contributed by atoms with Crippen LogP contribution < -0.4 is 5.32 Å². The molecule has 0 aromatic heterocycles. The number of amides is 1. The Balaban J connectivity index is 1.49. The van der Waals surface area contributed by atoms with Gasteiger partial charge in [0.25, 0.3) is 0 Å². The summed E-state index contributed by atoms with van der Waals surface area (Å²) >= 11 is 0. The molecule has 0 aromatic rings. The lowest BCUT2D eigenvalue weighted by molar-refractivity contribution is -0.916. The van der Waals surface area contributed by atoms with Crippen LogP contribution in [0, 0.1) is 16.7 Å². The van der Waals surface area contributed by atoms with E-state index in [-0.39, 0.29) is 5.91 Å². The van der Waals surface area contributed by atoms with Crippen LogP contribution in [0.15, 0.2) is 0 Å². The molecule has 3 unspecified atom stereocenters. The molecule has 2 aliphatic carbocycles. The fourth-order valence-electron chi connectivity index (χ4n) is 5.21. The number of morpholine rings is 1. The number of hydrogen-bond acceptors (Lipinski definition) is 2. The van der Waals surface area contributed by atoms with Crippen molar-refractivity contribution in [2.24, 2.45) is 16.7 Å². The number of rotatable bonds is 4. The standard InChI is InChI=1S/C18H32N2O2/c1-17(2)13-18(3)12-14(17)11-15(18)19-16(21)5-6-20(4)7-9-22-10-8-20/h14-15H,5-13H2,1-4H3/p+1. The monoisotopic (exact) mass is 309 g/mol. The summed E-state index contributed by atoms with van der Waals surface area (Å²) in [5, 5.41) is 3.37. The second kappa shape index (κ2) is 5.48. The van der Waals surface area contributed by atoms with Crippen molar-refractivity contribution < 1.29 is 14.0 Å². The van der Waals surface area contributed by atoms with E-state index in [1.165, 1.54) is 19.3 Å². The van der Waals surface area contributed by atoms with E-state index < -0.39 is 0 Å². The van der Waals surface area contributed by atoms with Crippen molar-refractivity contribution in [3.63, 3.8) is 0 Å². The first kappa shape index (κ1) is 16.3. The van der Waals surface area contributed by atoms with Crippen LogP contribution >= 0.6 is 0 Å². The number of hydrogen-bond donors (Lipinski definition) is 1. The zero-order valence-electron chi connectivity index (χ0n) is 14.8. The molecule has 0 radical (unpaired) electrons. The molecule has 22 heavy (non-hydrogen) atoms. The van der Waals surface area contributed by atoms with Crippen LogP contribution in [0.1, 0.15) is 46.5 Å². The van der Waals surface area contributed by atoms with Gasteiger partial charge in [0, 0.05) is 6.04 Å². The Hall–Kier alpha value is -0.610. The minimum absolute atomic E-state index is 0.252. The molecule has 1 aliphatic heterocycles. The lowest BCUT2D eigenvalue weighted by Crippen LogP contribution is -2.54. The first-order chi connectivity index (χ1) is 10.2. The van der Waals surface area contributed by atoms with E-state index in [9.17, 15) is 4.79 Å². The van der Waals surface area contributed by atoms with Gasteiger partial charge >= 0.3 is 0 Å². The van der Waals surface area contributed by atoms with Crippen molar-refractivity contribution in [1.82, 2.24) is 5.32 Å². The number of quaternary nitrogens is 1. The van der Waals surface area contributed by atoms with E-state index >= 15 is 0 Å². The molecule has 3 aliphatic rings. The number of nitrogens with zero attached hydrogens (tertiary/aromatic N) is 1. The number of fused-ring (bicyclic) bond motifs is 2. The molecule has 2 bridgehead atoms. The quantitative estimate of drug-likeness (QED) is 0.809. The Morgan fingerprint density at radius 1 is 1.27 bits per heavy atom. The van der Waals surface area contributed by atoms with Gasteiger partial charge in [0.15, 0.2) is 0 Å². The third-order valence-corrected chi connectivity index (χ3v) is 6.80. The van der Waals surface area contributed by atoms with Gasteiger partial charge in [-0.05, 0) is 36.0 Å². The molecule has 126 valence electrons. The summed E-state index contributed by atoms with van der Waals surface area (Å²) in [4.78, 5) is 12.4. The lowest BCUT2D eigenvalue weighted by atomic mass is 9.70. The molecule has 1 amide bonds. The summed E-state index contributed by atoms with van der Waals surface area (Å²) in [6.45, 7) is 11.8. The summed E-state index contributed by atoms with van der Waals surface area (Å²) in [6, 6.07) is 0.396. The molecule has 4 nitrogen and oxygen atoms in total. The fraction of sp³-hybridized carbons (Fsp3) is 0.944. The maximum absolute atomic E-state index is 12.4. The van der Waals surface area contributed by atoms with E-state index in [1.54, 1.807) is 0 Å². The third-order valence-electron chi connectivity index (χ3n) is 6.80. The van der Waals surface area contributed by atoms with Gasteiger partial charge in [0.05, 0.1) is 33.2 Å². The predicted molar refractivity (Wildman–Crippen MR) is 87.4 cm³/mol.